The SMILES string of the molecule is CC1(C)CCn2nc(NC(=O)n3ccc4cc(Oc5cc(CS(C)(=O)=O)ncn5)ccc43)cc21. The van der Waals surface area contributed by atoms with Crippen LogP contribution in [0, 0.1) is 0 Å². The molecule has 1 aliphatic rings. The average molecular weight is 481 g/mol. The molecule has 4 aromatic rings. The zero-order valence-corrected chi connectivity index (χ0v) is 19.8. The van der Waals surface area contributed by atoms with Crippen LogP contribution >= 0.6 is 0 Å². The normalized spacial score (nSPS) is 14.8. The summed E-state index contributed by atoms with van der Waals surface area (Å²) in [5.74, 6) is 1.08. The lowest BCUT2D eigenvalue weighted by molar-refractivity contribution is 0.254. The first-order valence-electron chi connectivity index (χ1n) is 10.7. The van der Waals surface area contributed by atoms with Crippen molar-refractivity contribution in [2.75, 3.05) is 11.6 Å². The summed E-state index contributed by atoms with van der Waals surface area (Å²) in [5.41, 5.74) is 2.22. The van der Waals surface area contributed by atoms with E-state index in [1.165, 1.54) is 17.0 Å². The monoisotopic (exact) mass is 480 g/mol. The lowest BCUT2D eigenvalue weighted by Gasteiger charge is -2.14. The standard InChI is InChI=1S/C23H24N6O4S/c1-23(2)7-9-29-19(23)12-20(27-29)26-22(30)28-8-6-15-10-17(4-5-18(15)28)33-21-11-16(24-14-25-21)13-34(3,31)32/h4-6,8,10-12,14H,7,9,13H2,1-3H3,(H,26,27,30). The van der Waals surface area contributed by atoms with Crippen molar-refractivity contribution in [3.8, 4) is 11.6 Å². The number of benzene rings is 1. The number of fused-ring (bicyclic) bond motifs is 2. The number of nitrogens with one attached hydrogen (secondary N) is 1. The van der Waals surface area contributed by atoms with Gasteiger partial charge in [0.2, 0.25) is 5.88 Å². The first-order valence-corrected chi connectivity index (χ1v) is 12.8. The Hall–Kier alpha value is -3.73. The third-order valence-electron chi connectivity index (χ3n) is 5.87. The summed E-state index contributed by atoms with van der Waals surface area (Å²) in [6.07, 6.45) is 5.13. The number of nitrogens with zero attached hydrogens (tertiary/aromatic N) is 5. The van der Waals surface area contributed by atoms with E-state index in [9.17, 15) is 13.2 Å². The Morgan fingerprint density at radius 3 is 2.76 bits per heavy atom. The molecule has 0 radical (unpaired) electrons. The van der Waals surface area contributed by atoms with Crippen molar-refractivity contribution in [3.05, 3.63) is 60.3 Å². The van der Waals surface area contributed by atoms with Gasteiger partial charge in [-0.2, -0.15) is 5.10 Å². The number of aryl methyl sites for hydroxylation is 1. The van der Waals surface area contributed by atoms with E-state index in [0.29, 0.717) is 22.8 Å². The van der Waals surface area contributed by atoms with Gasteiger partial charge in [0.05, 0.1) is 17.0 Å². The van der Waals surface area contributed by atoms with Crippen molar-refractivity contribution in [1.82, 2.24) is 24.3 Å². The van der Waals surface area contributed by atoms with Crippen LogP contribution in [0.5, 0.6) is 11.6 Å². The molecule has 1 aromatic carbocycles. The molecule has 1 aliphatic heterocycles. The molecule has 10 nitrogen and oxygen atoms in total. The maximum Gasteiger partial charge on any atom is 0.331 e. The molecular weight excluding hydrogens is 456 g/mol. The van der Waals surface area contributed by atoms with Gasteiger partial charge in [-0.1, -0.05) is 13.8 Å². The Bertz CT molecular complexity index is 1520. The smallest absolute Gasteiger partial charge is 0.331 e. The fourth-order valence-electron chi connectivity index (χ4n) is 4.14. The predicted molar refractivity (Wildman–Crippen MR) is 127 cm³/mol. The number of aromatic nitrogens is 5. The number of anilines is 1. The van der Waals surface area contributed by atoms with Gasteiger partial charge >= 0.3 is 6.03 Å². The molecule has 11 heteroatoms. The molecule has 5 rings (SSSR count). The highest BCUT2D eigenvalue weighted by Gasteiger charge is 2.32. The van der Waals surface area contributed by atoms with Crippen LogP contribution in [-0.4, -0.2) is 45.0 Å². The third kappa shape index (κ3) is 4.38. The van der Waals surface area contributed by atoms with Crippen LogP contribution in [-0.2, 0) is 27.5 Å². The predicted octanol–water partition coefficient (Wildman–Crippen LogP) is 3.73. The molecule has 0 atom stereocenters. The van der Waals surface area contributed by atoms with Crippen molar-refractivity contribution in [1.29, 1.82) is 0 Å². The van der Waals surface area contributed by atoms with Crippen LogP contribution in [0.2, 0.25) is 0 Å². The van der Waals surface area contributed by atoms with Crippen molar-refractivity contribution in [2.45, 2.75) is 38.0 Å². The topological polar surface area (TPSA) is 121 Å². The molecule has 1 amide bonds. The molecule has 176 valence electrons. The first kappa shape index (κ1) is 22.1. The Morgan fingerprint density at radius 1 is 1.18 bits per heavy atom. The summed E-state index contributed by atoms with van der Waals surface area (Å²) in [7, 11) is -3.22. The van der Waals surface area contributed by atoms with Gasteiger partial charge < -0.3 is 4.74 Å². The number of ether oxygens (including phenoxy) is 1. The summed E-state index contributed by atoms with van der Waals surface area (Å²) in [5, 5.41) is 8.18. The lowest BCUT2D eigenvalue weighted by Crippen LogP contribution is -2.19. The average Bonchev–Trinajstić information content (AvgIpc) is 3.42. The maximum absolute atomic E-state index is 12.9. The van der Waals surface area contributed by atoms with Gasteiger partial charge in [0.15, 0.2) is 15.7 Å². The minimum Gasteiger partial charge on any atom is -0.439 e. The minimum atomic E-state index is -3.22. The highest BCUT2D eigenvalue weighted by Crippen LogP contribution is 2.35. The summed E-state index contributed by atoms with van der Waals surface area (Å²) in [6.45, 7) is 5.19. The number of amides is 1. The van der Waals surface area contributed by atoms with Crippen LogP contribution in [0.4, 0.5) is 10.6 Å². The van der Waals surface area contributed by atoms with E-state index in [-0.39, 0.29) is 23.1 Å². The molecule has 0 bridgehead atoms. The van der Waals surface area contributed by atoms with Gasteiger partial charge in [-0.25, -0.2) is 23.2 Å². The van der Waals surface area contributed by atoms with E-state index in [4.69, 9.17) is 4.74 Å². The second-order valence-electron chi connectivity index (χ2n) is 9.13. The van der Waals surface area contributed by atoms with E-state index >= 15 is 0 Å². The van der Waals surface area contributed by atoms with E-state index in [2.05, 4.69) is 34.2 Å². The molecule has 0 aliphatic carbocycles. The van der Waals surface area contributed by atoms with Crippen molar-refractivity contribution < 1.29 is 17.9 Å². The van der Waals surface area contributed by atoms with Gasteiger partial charge in [0.25, 0.3) is 0 Å². The minimum absolute atomic E-state index is 0.0434. The molecule has 0 spiro atoms. The number of hydrogen-bond acceptors (Lipinski definition) is 7. The quantitative estimate of drug-likeness (QED) is 0.462. The van der Waals surface area contributed by atoms with Crippen molar-refractivity contribution in [2.24, 2.45) is 0 Å². The van der Waals surface area contributed by atoms with Crippen LogP contribution in [0.1, 0.15) is 31.7 Å². The number of hydrogen-bond donors (Lipinski definition) is 1. The maximum atomic E-state index is 12.9. The number of sulfone groups is 1. The van der Waals surface area contributed by atoms with Crippen LogP contribution in [0.3, 0.4) is 0 Å². The van der Waals surface area contributed by atoms with Gasteiger partial charge in [-0.15, -0.1) is 0 Å². The van der Waals surface area contributed by atoms with Gasteiger partial charge in [0.1, 0.15) is 12.1 Å². The summed E-state index contributed by atoms with van der Waals surface area (Å²) < 4.78 is 32.3. The van der Waals surface area contributed by atoms with Crippen molar-refractivity contribution in [3.63, 3.8) is 0 Å². The van der Waals surface area contributed by atoms with E-state index < -0.39 is 9.84 Å². The van der Waals surface area contributed by atoms with Crippen LogP contribution in [0.25, 0.3) is 10.9 Å². The van der Waals surface area contributed by atoms with Crippen LogP contribution < -0.4 is 10.1 Å². The summed E-state index contributed by atoms with van der Waals surface area (Å²) in [4.78, 5) is 20.9. The van der Waals surface area contributed by atoms with Crippen molar-refractivity contribution >= 4 is 32.6 Å². The lowest BCUT2D eigenvalue weighted by atomic mass is 9.89. The largest absolute Gasteiger partial charge is 0.439 e. The molecule has 34 heavy (non-hydrogen) atoms. The number of carbonyl (C=O) groups is 1. The Balaban J connectivity index is 1.33. The molecule has 3 aromatic heterocycles. The Labute approximate surface area is 196 Å². The second kappa shape index (κ2) is 7.94. The zero-order chi connectivity index (χ0) is 24.1. The van der Waals surface area contributed by atoms with E-state index in [1.807, 2.05) is 16.8 Å². The molecule has 4 heterocycles. The summed E-state index contributed by atoms with van der Waals surface area (Å²) >= 11 is 0. The van der Waals surface area contributed by atoms with Gasteiger partial charge in [0, 0.05) is 47.6 Å². The Kier molecular flexibility index (Phi) is 5.16. The van der Waals surface area contributed by atoms with Gasteiger partial charge in [-0.05, 0) is 30.7 Å². The molecular formula is C23H24N6O4S. The summed E-state index contributed by atoms with van der Waals surface area (Å²) in [6, 6.07) is 10.2. The number of rotatable bonds is 5. The zero-order valence-electron chi connectivity index (χ0n) is 19.0. The molecule has 1 N–H and O–H groups in total. The van der Waals surface area contributed by atoms with Crippen LogP contribution in [0.15, 0.2) is 48.9 Å². The second-order valence-corrected chi connectivity index (χ2v) is 11.3. The molecule has 0 fully saturated rings. The molecule has 0 saturated heterocycles. The highest BCUT2D eigenvalue weighted by atomic mass is 32.2. The highest BCUT2D eigenvalue weighted by molar-refractivity contribution is 7.89. The van der Waals surface area contributed by atoms with E-state index in [0.717, 1.165) is 30.3 Å². The van der Waals surface area contributed by atoms with E-state index in [1.54, 1.807) is 24.4 Å². The fraction of sp³-hybridized carbons (Fsp3) is 0.304. The van der Waals surface area contributed by atoms with Gasteiger partial charge in [-0.3, -0.25) is 14.6 Å². The number of carbonyl (C=O) groups excluding carboxylic acids is 1. The molecule has 0 unspecified atom stereocenters. The fourth-order valence-corrected chi connectivity index (χ4v) is 4.83. The third-order valence-corrected chi connectivity index (χ3v) is 6.69. The Morgan fingerprint density at radius 2 is 2.00 bits per heavy atom. The first-order chi connectivity index (χ1) is 16.1. The molecule has 0 saturated carbocycles.